The van der Waals surface area contributed by atoms with E-state index < -0.39 is 0 Å². The van der Waals surface area contributed by atoms with E-state index in [9.17, 15) is 4.79 Å². The fraction of sp³-hybridized carbons (Fsp3) is 0.105. The number of benzene rings is 2. The highest BCUT2D eigenvalue weighted by Gasteiger charge is 2.01. The van der Waals surface area contributed by atoms with Crippen LogP contribution in [0.1, 0.15) is 11.1 Å². The zero-order valence-electron chi connectivity index (χ0n) is 12.3. The topological polar surface area (TPSA) is 39.4 Å². The first kappa shape index (κ1) is 14.1. The normalized spacial score (nSPS) is 12.0. The van der Waals surface area contributed by atoms with Crippen molar-refractivity contribution < 1.29 is 9.15 Å². The first-order valence-corrected chi connectivity index (χ1v) is 7.12. The predicted molar refractivity (Wildman–Crippen MR) is 88.2 cm³/mol. The van der Waals surface area contributed by atoms with Gasteiger partial charge in [-0.1, -0.05) is 42.5 Å². The van der Waals surface area contributed by atoms with Crippen molar-refractivity contribution in [3.8, 4) is 5.75 Å². The molecular weight excluding hydrogens is 276 g/mol. The summed E-state index contributed by atoms with van der Waals surface area (Å²) in [6.45, 7) is 2.45. The van der Waals surface area contributed by atoms with Crippen LogP contribution in [0.2, 0.25) is 0 Å². The molecule has 0 fully saturated rings. The lowest BCUT2D eigenvalue weighted by atomic mass is 10.1. The minimum atomic E-state index is -0.256. The number of hydrogen-bond donors (Lipinski definition) is 0. The van der Waals surface area contributed by atoms with Crippen molar-refractivity contribution in [2.24, 2.45) is 0 Å². The number of fused-ring (bicyclic) bond motifs is 2. The van der Waals surface area contributed by atoms with Gasteiger partial charge in [-0.25, -0.2) is 4.79 Å². The Morgan fingerprint density at radius 2 is 1.77 bits per heavy atom. The molecule has 0 atom stereocenters. The molecule has 4 rings (SSSR count). The van der Waals surface area contributed by atoms with E-state index in [1.807, 2.05) is 54.6 Å². The highest BCUT2D eigenvalue weighted by molar-refractivity contribution is 5.76. The Morgan fingerprint density at radius 3 is 2.64 bits per heavy atom. The molecule has 0 N–H and O–H groups in total. The van der Waals surface area contributed by atoms with Gasteiger partial charge >= 0.3 is 5.63 Å². The molecule has 0 saturated heterocycles. The van der Waals surface area contributed by atoms with Crippen LogP contribution in [0.5, 0.6) is 5.75 Å². The van der Waals surface area contributed by atoms with Gasteiger partial charge in [0.05, 0.1) is 0 Å². The number of para-hydroxylation sites is 2. The van der Waals surface area contributed by atoms with E-state index in [2.05, 4.69) is 6.08 Å². The fourth-order valence-corrected chi connectivity index (χ4v) is 2.23. The van der Waals surface area contributed by atoms with Gasteiger partial charge in [0.25, 0.3) is 0 Å². The summed E-state index contributed by atoms with van der Waals surface area (Å²) in [5.74, 6) is 0.991. The van der Waals surface area contributed by atoms with Crippen LogP contribution < -0.4 is 10.4 Å². The molecular formula is C19H16O3. The van der Waals surface area contributed by atoms with Crippen molar-refractivity contribution in [2.45, 2.75) is 6.92 Å². The van der Waals surface area contributed by atoms with Crippen LogP contribution >= 0.6 is 0 Å². The Labute approximate surface area is 128 Å². The zero-order chi connectivity index (χ0) is 15.4. The number of hydrogen-bond acceptors (Lipinski definition) is 3. The predicted octanol–water partition coefficient (Wildman–Crippen LogP) is 4.19. The fourth-order valence-electron chi connectivity index (χ4n) is 2.23. The zero-order valence-corrected chi connectivity index (χ0v) is 12.3. The van der Waals surface area contributed by atoms with Crippen LogP contribution in [0.3, 0.4) is 0 Å². The van der Waals surface area contributed by atoms with Crippen LogP contribution in [0.25, 0.3) is 17.0 Å². The average molecular weight is 292 g/mol. The molecule has 3 aromatic rings. The summed E-state index contributed by atoms with van der Waals surface area (Å²) in [6.07, 6.45) is 4.10. The molecule has 0 saturated carbocycles. The first-order chi connectivity index (χ1) is 10.7. The van der Waals surface area contributed by atoms with Crippen LogP contribution in [-0.4, -0.2) is 6.61 Å². The van der Waals surface area contributed by atoms with Gasteiger partial charge in [0.1, 0.15) is 17.9 Å². The molecule has 22 heavy (non-hydrogen) atoms. The lowest BCUT2D eigenvalue weighted by Gasteiger charge is -2.10. The van der Waals surface area contributed by atoms with Crippen LogP contribution in [0.15, 0.2) is 69.9 Å². The van der Waals surface area contributed by atoms with Crippen LogP contribution in [-0.2, 0) is 0 Å². The number of ether oxygens (including phenoxy) is 1. The molecule has 1 aromatic heterocycles. The van der Waals surface area contributed by atoms with Gasteiger partial charge < -0.3 is 9.15 Å². The Balaban J connectivity index is 0.000000133. The van der Waals surface area contributed by atoms with Crippen molar-refractivity contribution in [1.29, 1.82) is 0 Å². The van der Waals surface area contributed by atoms with E-state index >= 15 is 0 Å². The lowest BCUT2D eigenvalue weighted by molar-refractivity contribution is 0.358. The molecule has 0 amide bonds. The Morgan fingerprint density at radius 1 is 1.00 bits per heavy atom. The SMILES string of the molecule is C1=Cc2ccccc2OC1.Cc1cc2ccccc2oc1=O. The van der Waals surface area contributed by atoms with Gasteiger partial charge in [-0.3, -0.25) is 0 Å². The summed E-state index contributed by atoms with van der Waals surface area (Å²) >= 11 is 0. The minimum absolute atomic E-state index is 0.256. The molecule has 3 heteroatoms. The van der Waals surface area contributed by atoms with E-state index in [4.69, 9.17) is 9.15 Å². The monoisotopic (exact) mass is 292 g/mol. The maximum atomic E-state index is 11.1. The lowest BCUT2D eigenvalue weighted by Crippen LogP contribution is -2.01. The van der Waals surface area contributed by atoms with Crippen molar-refractivity contribution in [1.82, 2.24) is 0 Å². The summed E-state index contributed by atoms with van der Waals surface area (Å²) in [4.78, 5) is 11.1. The summed E-state index contributed by atoms with van der Waals surface area (Å²) in [5, 5.41) is 0.967. The minimum Gasteiger partial charge on any atom is -0.489 e. The maximum absolute atomic E-state index is 11.1. The molecule has 0 bridgehead atoms. The molecule has 1 aliphatic heterocycles. The average Bonchev–Trinajstić information content (AvgIpc) is 2.57. The summed E-state index contributed by atoms with van der Waals surface area (Å²) < 4.78 is 10.4. The van der Waals surface area contributed by atoms with Gasteiger partial charge in [-0.05, 0) is 31.2 Å². The van der Waals surface area contributed by atoms with E-state index in [0.717, 1.165) is 11.1 Å². The molecule has 0 aliphatic carbocycles. The molecule has 2 heterocycles. The molecule has 2 aromatic carbocycles. The Bertz CT molecular complexity index is 875. The van der Waals surface area contributed by atoms with Gasteiger partial charge in [0.2, 0.25) is 0 Å². The smallest absolute Gasteiger partial charge is 0.339 e. The van der Waals surface area contributed by atoms with Crippen LogP contribution in [0, 0.1) is 6.92 Å². The van der Waals surface area contributed by atoms with Crippen molar-refractivity contribution in [2.75, 3.05) is 6.61 Å². The summed E-state index contributed by atoms with van der Waals surface area (Å²) in [7, 11) is 0. The van der Waals surface area contributed by atoms with Crippen molar-refractivity contribution in [3.05, 3.63) is 82.2 Å². The van der Waals surface area contributed by atoms with E-state index in [1.54, 1.807) is 13.0 Å². The third kappa shape index (κ3) is 3.09. The second-order valence-corrected chi connectivity index (χ2v) is 5.01. The third-order valence-corrected chi connectivity index (χ3v) is 3.37. The third-order valence-electron chi connectivity index (χ3n) is 3.37. The molecule has 3 nitrogen and oxygen atoms in total. The number of aryl methyl sites for hydroxylation is 1. The van der Waals surface area contributed by atoms with Gasteiger partial charge in [0.15, 0.2) is 0 Å². The highest BCUT2D eigenvalue weighted by Crippen LogP contribution is 2.21. The van der Waals surface area contributed by atoms with Crippen LogP contribution in [0.4, 0.5) is 0 Å². The van der Waals surface area contributed by atoms with Crippen molar-refractivity contribution >= 4 is 17.0 Å². The van der Waals surface area contributed by atoms with Gasteiger partial charge in [-0.2, -0.15) is 0 Å². The molecule has 0 radical (unpaired) electrons. The standard InChI is InChI=1S/C10H8O2.C9H8O/c1-7-6-8-4-2-3-5-9(8)12-10(7)11;1-2-6-9-8(4-1)5-3-7-10-9/h2-6H,1H3;1-6H,7H2. The van der Waals surface area contributed by atoms with E-state index in [0.29, 0.717) is 17.8 Å². The largest absolute Gasteiger partial charge is 0.489 e. The first-order valence-electron chi connectivity index (χ1n) is 7.12. The second kappa shape index (κ2) is 6.31. The molecule has 0 unspecified atom stereocenters. The quantitative estimate of drug-likeness (QED) is 0.583. The van der Waals surface area contributed by atoms with E-state index in [1.165, 1.54) is 5.56 Å². The Kier molecular flexibility index (Phi) is 4.05. The second-order valence-electron chi connectivity index (χ2n) is 5.01. The summed E-state index contributed by atoms with van der Waals surface area (Å²) in [5.41, 5.74) is 2.21. The maximum Gasteiger partial charge on any atom is 0.339 e. The molecule has 0 spiro atoms. The Hall–Kier alpha value is -2.81. The highest BCUT2D eigenvalue weighted by atomic mass is 16.5. The van der Waals surface area contributed by atoms with Crippen molar-refractivity contribution in [3.63, 3.8) is 0 Å². The van der Waals surface area contributed by atoms with Gasteiger partial charge in [0, 0.05) is 16.5 Å². The molecule has 1 aliphatic rings. The number of rotatable bonds is 0. The van der Waals surface area contributed by atoms with E-state index in [-0.39, 0.29) is 5.63 Å². The summed E-state index contributed by atoms with van der Waals surface area (Å²) in [6, 6.07) is 17.3. The molecule has 110 valence electrons. The van der Waals surface area contributed by atoms with Gasteiger partial charge in [-0.15, -0.1) is 0 Å².